The van der Waals surface area contributed by atoms with Gasteiger partial charge in [-0.05, 0) is 36.5 Å². The van der Waals surface area contributed by atoms with Crippen molar-refractivity contribution >= 4 is 17.7 Å². The maximum atomic E-state index is 11.0. The van der Waals surface area contributed by atoms with Crippen molar-refractivity contribution in [2.24, 2.45) is 5.92 Å². The summed E-state index contributed by atoms with van der Waals surface area (Å²) in [6.07, 6.45) is 5.30. The Morgan fingerprint density at radius 3 is 2.90 bits per heavy atom. The highest BCUT2D eigenvalue weighted by atomic mass is 32.2. The molecule has 2 rings (SSSR count). The number of rotatable bonds is 5. The van der Waals surface area contributed by atoms with E-state index in [1.54, 1.807) is 6.07 Å². The van der Waals surface area contributed by atoms with Crippen molar-refractivity contribution in [3.63, 3.8) is 0 Å². The van der Waals surface area contributed by atoms with Crippen molar-refractivity contribution in [2.75, 3.05) is 7.11 Å². The fourth-order valence-electron chi connectivity index (χ4n) is 2.75. The summed E-state index contributed by atoms with van der Waals surface area (Å²) >= 11 is 1.98. The molecule has 0 radical (unpaired) electrons. The van der Waals surface area contributed by atoms with E-state index in [0.29, 0.717) is 5.75 Å². The van der Waals surface area contributed by atoms with Crippen LogP contribution < -0.4 is 4.74 Å². The summed E-state index contributed by atoms with van der Waals surface area (Å²) in [5.41, 5.74) is 1.36. The van der Waals surface area contributed by atoms with Gasteiger partial charge in [0.25, 0.3) is 0 Å². The summed E-state index contributed by atoms with van der Waals surface area (Å²) in [7, 11) is 1.52. The highest BCUT2D eigenvalue weighted by molar-refractivity contribution is 7.99. The summed E-state index contributed by atoms with van der Waals surface area (Å²) in [6, 6.07) is 5.38. The van der Waals surface area contributed by atoms with Gasteiger partial charge in [-0.25, -0.2) is 4.79 Å². The molecular weight excluding hydrogens is 272 g/mol. The third-order valence-electron chi connectivity index (χ3n) is 3.87. The molecule has 2 unspecified atom stereocenters. The Morgan fingerprint density at radius 2 is 2.25 bits per heavy atom. The molecule has 110 valence electrons. The Bertz CT molecular complexity index is 473. The van der Waals surface area contributed by atoms with E-state index in [9.17, 15) is 4.79 Å². The van der Waals surface area contributed by atoms with E-state index in [4.69, 9.17) is 9.84 Å². The Morgan fingerprint density at radius 1 is 1.45 bits per heavy atom. The van der Waals surface area contributed by atoms with Gasteiger partial charge in [-0.3, -0.25) is 0 Å². The molecule has 0 saturated heterocycles. The predicted molar refractivity (Wildman–Crippen MR) is 82.7 cm³/mol. The predicted octanol–water partition coefficient (Wildman–Crippen LogP) is 4.21. The number of hydrogen-bond acceptors (Lipinski definition) is 3. The van der Waals surface area contributed by atoms with Crippen LogP contribution in [0.5, 0.6) is 5.75 Å². The number of carbonyl (C=O) groups is 1. The number of benzene rings is 1. The first-order valence-electron chi connectivity index (χ1n) is 7.12. The highest BCUT2D eigenvalue weighted by Crippen LogP contribution is 2.34. The number of thioether (sulfide) groups is 1. The number of carboxylic acids is 1. The highest BCUT2D eigenvalue weighted by Gasteiger charge is 2.19. The number of ether oxygens (including phenoxy) is 1. The molecule has 4 heteroatoms. The standard InChI is InChI=1S/C16H22O3S/c1-11-4-3-5-13(8-11)20-10-12-6-7-14(16(17)18)15(9-12)19-2/h6-7,9,11,13H,3-5,8,10H2,1-2H3,(H,17,18). The van der Waals surface area contributed by atoms with Crippen LogP contribution in [0.4, 0.5) is 0 Å². The first-order chi connectivity index (χ1) is 9.60. The first kappa shape index (κ1) is 15.2. The maximum absolute atomic E-state index is 11.0. The largest absolute Gasteiger partial charge is 0.496 e. The van der Waals surface area contributed by atoms with Gasteiger partial charge in [0.05, 0.1) is 7.11 Å². The van der Waals surface area contributed by atoms with Gasteiger partial charge < -0.3 is 9.84 Å². The monoisotopic (exact) mass is 294 g/mol. The number of carboxylic acid groups (broad SMARTS) is 1. The van der Waals surface area contributed by atoms with Crippen LogP contribution in [-0.2, 0) is 5.75 Å². The normalized spacial score (nSPS) is 22.5. The molecule has 1 fully saturated rings. The minimum absolute atomic E-state index is 0.229. The Labute approximate surface area is 124 Å². The summed E-state index contributed by atoms with van der Waals surface area (Å²) in [6.45, 7) is 2.33. The maximum Gasteiger partial charge on any atom is 0.339 e. The van der Waals surface area contributed by atoms with Crippen LogP contribution in [0.2, 0.25) is 0 Å². The minimum Gasteiger partial charge on any atom is -0.496 e. The van der Waals surface area contributed by atoms with E-state index in [2.05, 4.69) is 6.92 Å². The van der Waals surface area contributed by atoms with Crippen molar-refractivity contribution in [2.45, 2.75) is 43.6 Å². The summed E-state index contributed by atoms with van der Waals surface area (Å²) in [5, 5.41) is 9.81. The van der Waals surface area contributed by atoms with Crippen molar-refractivity contribution in [1.29, 1.82) is 0 Å². The smallest absolute Gasteiger partial charge is 0.339 e. The molecule has 1 N–H and O–H groups in total. The second-order valence-electron chi connectivity index (χ2n) is 5.54. The molecule has 2 atom stereocenters. The number of methoxy groups -OCH3 is 1. The van der Waals surface area contributed by atoms with Crippen molar-refractivity contribution in [1.82, 2.24) is 0 Å². The van der Waals surface area contributed by atoms with Crippen LogP contribution in [0.15, 0.2) is 18.2 Å². The van der Waals surface area contributed by atoms with Crippen LogP contribution in [-0.4, -0.2) is 23.4 Å². The molecule has 0 spiro atoms. The molecule has 1 aliphatic carbocycles. The minimum atomic E-state index is -0.942. The van der Waals surface area contributed by atoms with Gasteiger partial charge >= 0.3 is 5.97 Å². The summed E-state index contributed by atoms with van der Waals surface area (Å²) in [5.74, 6) is 1.27. The van der Waals surface area contributed by atoms with Crippen molar-refractivity contribution in [3.8, 4) is 5.75 Å². The van der Waals surface area contributed by atoms with Crippen LogP contribution >= 0.6 is 11.8 Å². The lowest BCUT2D eigenvalue weighted by atomic mass is 9.91. The Kier molecular flexibility index (Phi) is 5.35. The fourth-order valence-corrected chi connectivity index (χ4v) is 4.15. The molecule has 1 aromatic carbocycles. The summed E-state index contributed by atoms with van der Waals surface area (Å²) < 4.78 is 5.17. The van der Waals surface area contributed by atoms with E-state index >= 15 is 0 Å². The van der Waals surface area contributed by atoms with Gasteiger partial charge in [-0.15, -0.1) is 0 Å². The van der Waals surface area contributed by atoms with E-state index in [0.717, 1.165) is 22.5 Å². The third-order valence-corrected chi connectivity index (χ3v) is 5.27. The zero-order valence-corrected chi connectivity index (χ0v) is 12.9. The molecule has 1 aromatic rings. The van der Waals surface area contributed by atoms with Gasteiger partial charge in [0.2, 0.25) is 0 Å². The van der Waals surface area contributed by atoms with Crippen LogP contribution in [0.1, 0.15) is 48.5 Å². The lowest BCUT2D eigenvalue weighted by Crippen LogP contribution is -2.15. The molecular formula is C16H22O3S. The molecule has 0 bridgehead atoms. The van der Waals surface area contributed by atoms with Crippen molar-refractivity contribution < 1.29 is 14.6 Å². The van der Waals surface area contributed by atoms with Crippen LogP contribution in [0.25, 0.3) is 0 Å². The van der Waals surface area contributed by atoms with Gasteiger partial charge in [-0.2, -0.15) is 11.8 Å². The summed E-state index contributed by atoms with van der Waals surface area (Å²) in [4.78, 5) is 11.0. The molecule has 20 heavy (non-hydrogen) atoms. The van der Waals surface area contributed by atoms with Gasteiger partial charge in [-0.1, -0.05) is 25.8 Å². The Balaban J connectivity index is 1.97. The lowest BCUT2D eigenvalue weighted by molar-refractivity contribution is 0.0693. The zero-order valence-electron chi connectivity index (χ0n) is 12.1. The van der Waals surface area contributed by atoms with Crippen LogP contribution in [0, 0.1) is 5.92 Å². The Hall–Kier alpha value is -1.16. The van der Waals surface area contributed by atoms with Crippen molar-refractivity contribution in [3.05, 3.63) is 29.3 Å². The van der Waals surface area contributed by atoms with E-state index in [1.165, 1.54) is 32.8 Å². The SMILES string of the molecule is COc1cc(CSC2CCCC(C)C2)ccc1C(=O)O. The second kappa shape index (κ2) is 7.02. The average Bonchev–Trinajstić information content (AvgIpc) is 2.44. The molecule has 0 aromatic heterocycles. The number of aromatic carboxylic acids is 1. The average molecular weight is 294 g/mol. The van der Waals surface area contributed by atoms with Gasteiger partial charge in [0, 0.05) is 11.0 Å². The molecule has 3 nitrogen and oxygen atoms in total. The molecule has 0 amide bonds. The molecule has 1 aliphatic rings. The van der Waals surface area contributed by atoms with Crippen LogP contribution in [0.3, 0.4) is 0 Å². The van der Waals surface area contributed by atoms with E-state index < -0.39 is 5.97 Å². The molecule has 1 saturated carbocycles. The quantitative estimate of drug-likeness (QED) is 0.884. The van der Waals surface area contributed by atoms with Gasteiger partial charge in [0.15, 0.2) is 0 Å². The zero-order chi connectivity index (χ0) is 14.5. The lowest BCUT2D eigenvalue weighted by Gasteiger charge is -2.26. The third kappa shape index (κ3) is 3.92. The van der Waals surface area contributed by atoms with E-state index in [1.807, 2.05) is 23.9 Å². The van der Waals surface area contributed by atoms with E-state index in [-0.39, 0.29) is 5.56 Å². The molecule has 0 heterocycles. The first-order valence-corrected chi connectivity index (χ1v) is 8.17. The number of hydrogen-bond donors (Lipinski definition) is 1. The van der Waals surface area contributed by atoms with Gasteiger partial charge in [0.1, 0.15) is 11.3 Å². The molecule has 0 aliphatic heterocycles. The fraction of sp³-hybridized carbons (Fsp3) is 0.562. The topological polar surface area (TPSA) is 46.5 Å². The second-order valence-corrected chi connectivity index (χ2v) is 6.83.